The van der Waals surface area contributed by atoms with Crippen LogP contribution in [0.4, 0.5) is 5.82 Å². The first-order valence-electron chi connectivity index (χ1n) is 5.17. The quantitative estimate of drug-likeness (QED) is 0.859. The van der Waals surface area contributed by atoms with Crippen molar-refractivity contribution in [1.82, 2.24) is 15.2 Å². The van der Waals surface area contributed by atoms with Gasteiger partial charge in [0.15, 0.2) is 0 Å². The normalized spacial score (nSPS) is 9.65. The molecule has 5 nitrogen and oxygen atoms in total. The van der Waals surface area contributed by atoms with E-state index in [0.29, 0.717) is 17.9 Å². The number of hydrogen-bond acceptors (Lipinski definition) is 5. The molecule has 0 saturated heterocycles. The molecule has 17 heavy (non-hydrogen) atoms. The van der Waals surface area contributed by atoms with Gasteiger partial charge in [-0.1, -0.05) is 0 Å². The van der Waals surface area contributed by atoms with Crippen molar-refractivity contribution in [2.75, 3.05) is 5.32 Å². The lowest BCUT2D eigenvalue weighted by atomic mass is 10.1. The number of rotatable bonds is 3. The van der Waals surface area contributed by atoms with Crippen molar-refractivity contribution < 1.29 is 0 Å². The molecule has 0 unspecified atom stereocenters. The summed E-state index contributed by atoms with van der Waals surface area (Å²) in [4.78, 5) is 4.14. The average Bonchev–Trinajstić information content (AvgIpc) is 2.37. The molecule has 0 atom stereocenters. The van der Waals surface area contributed by atoms with Gasteiger partial charge in [-0.15, -0.1) is 0 Å². The fraction of sp³-hybridized carbons (Fsp3) is 0.167. The molecule has 0 amide bonds. The van der Waals surface area contributed by atoms with Gasteiger partial charge in [0, 0.05) is 12.4 Å². The molecule has 0 spiro atoms. The van der Waals surface area contributed by atoms with Gasteiger partial charge >= 0.3 is 0 Å². The van der Waals surface area contributed by atoms with Crippen LogP contribution in [0.5, 0.6) is 0 Å². The minimum atomic E-state index is 0.499. The highest BCUT2D eigenvalue weighted by atomic mass is 15.1. The second-order valence-corrected chi connectivity index (χ2v) is 3.53. The van der Waals surface area contributed by atoms with Gasteiger partial charge in [-0.2, -0.15) is 15.5 Å². The van der Waals surface area contributed by atoms with Crippen LogP contribution in [0.3, 0.4) is 0 Å². The smallest absolute Gasteiger partial charge is 0.144 e. The second-order valence-electron chi connectivity index (χ2n) is 3.53. The van der Waals surface area contributed by atoms with E-state index in [1.54, 1.807) is 12.4 Å². The Morgan fingerprint density at radius 1 is 1.35 bits per heavy atom. The van der Waals surface area contributed by atoms with E-state index in [9.17, 15) is 0 Å². The molecular weight excluding hydrogens is 214 g/mol. The maximum absolute atomic E-state index is 9.04. The van der Waals surface area contributed by atoms with Crippen LogP contribution >= 0.6 is 0 Å². The van der Waals surface area contributed by atoms with E-state index in [4.69, 9.17) is 5.26 Å². The second kappa shape index (κ2) is 5.03. The Bertz CT molecular complexity index is 545. The third kappa shape index (κ3) is 2.55. The van der Waals surface area contributed by atoms with Gasteiger partial charge in [0.25, 0.3) is 0 Å². The van der Waals surface area contributed by atoms with Gasteiger partial charge in [-0.25, -0.2) is 4.98 Å². The van der Waals surface area contributed by atoms with E-state index in [1.807, 2.05) is 25.1 Å². The number of aryl methyl sites for hydroxylation is 1. The third-order valence-corrected chi connectivity index (χ3v) is 2.34. The molecule has 2 rings (SSSR count). The summed E-state index contributed by atoms with van der Waals surface area (Å²) >= 11 is 0. The highest BCUT2D eigenvalue weighted by molar-refractivity contribution is 5.55. The maximum Gasteiger partial charge on any atom is 0.144 e. The van der Waals surface area contributed by atoms with Gasteiger partial charge < -0.3 is 5.32 Å². The van der Waals surface area contributed by atoms with E-state index in [2.05, 4.69) is 26.6 Å². The molecule has 5 heteroatoms. The first-order chi connectivity index (χ1) is 8.31. The number of nitrogens with zero attached hydrogens (tertiary/aromatic N) is 4. The Morgan fingerprint density at radius 3 is 2.94 bits per heavy atom. The molecule has 0 aliphatic heterocycles. The molecule has 0 bridgehead atoms. The number of nitriles is 1. The maximum atomic E-state index is 9.04. The molecule has 0 fully saturated rings. The van der Waals surface area contributed by atoms with Crippen LogP contribution in [-0.4, -0.2) is 15.2 Å². The SMILES string of the molecule is Cc1ccnc(NCc2cccnn2)c1C#N. The van der Waals surface area contributed by atoms with Crippen molar-refractivity contribution in [3.8, 4) is 6.07 Å². The first-order valence-corrected chi connectivity index (χ1v) is 5.17. The van der Waals surface area contributed by atoms with Crippen molar-refractivity contribution in [2.24, 2.45) is 0 Å². The Labute approximate surface area is 99.2 Å². The van der Waals surface area contributed by atoms with Gasteiger partial charge in [0.05, 0.1) is 17.8 Å². The van der Waals surface area contributed by atoms with Gasteiger partial charge in [-0.3, -0.25) is 0 Å². The number of pyridine rings is 1. The van der Waals surface area contributed by atoms with E-state index in [1.165, 1.54) is 0 Å². The van der Waals surface area contributed by atoms with E-state index in [0.717, 1.165) is 11.3 Å². The number of hydrogen-bond donors (Lipinski definition) is 1. The first kappa shape index (κ1) is 11.0. The fourth-order valence-electron chi connectivity index (χ4n) is 1.44. The summed E-state index contributed by atoms with van der Waals surface area (Å²) in [5, 5.41) is 19.9. The minimum Gasteiger partial charge on any atom is -0.363 e. The van der Waals surface area contributed by atoms with Crippen LogP contribution in [0.2, 0.25) is 0 Å². The summed E-state index contributed by atoms with van der Waals surface area (Å²) in [6.45, 7) is 2.38. The van der Waals surface area contributed by atoms with Crippen LogP contribution in [0.25, 0.3) is 0 Å². The van der Waals surface area contributed by atoms with E-state index < -0.39 is 0 Å². The van der Waals surface area contributed by atoms with Crippen LogP contribution in [0.1, 0.15) is 16.8 Å². The van der Waals surface area contributed by atoms with Gasteiger partial charge in [0.1, 0.15) is 11.9 Å². The summed E-state index contributed by atoms with van der Waals surface area (Å²) in [7, 11) is 0. The Balaban J connectivity index is 2.15. The summed E-state index contributed by atoms with van der Waals surface area (Å²) in [5.41, 5.74) is 2.28. The fourth-order valence-corrected chi connectivity index (χ4v) is 1.44. The predicted molar refractivity (Wildman–Crippen MR) is 63.0 cm³/mol. The lowest BCUT2D eigenvalue weighted by Crippen LogP contribution is -2.06. The molecule has 2 heterocycles. The summed E-state index contributed by atoms with van der Waals surface area (Å²) < 4.78 is 0. The topological polar surface area (TPSA) is 74.5 Å². The molecule has 0 aliphatic rings. The lowest BCUT2D eigenvalue weighted by molar-refractivity contribution is 0.919. The van der Waals surface area contributed by atoms with Crippen LogP contribution in [0, 0.1) is 18.3 Å². The largest absolute Gasteiger partial charge is 0.363 e. The monoisotopic (exact) mass is 225 g/mol. The molecule has 0 radical (unpaired) electrons. The van der Waals surface area contributed by atoms with Crippen molar-refractivity contribution >= 4 is 5.82 Å². The van der Waals surface area contributed by atoms with E-state index >= 15 is 0 Å². The Morgan fingerprint density at radius 2 is 2.24 bits per heavy atom. The number of aromatic nitrogens is 3. The highest BCUT2D eigenvalue weighted by Gasteiger charge is 2.05. The zero-order chi connectivity index (χ0) is 12.1. The Kier molecular flexibility index (Phi) is 3.26. The molecule has 1 N–H and O–H groups in total. The standard InChI is InChI=1S/C12H11N5/c1-9-4-6-14-12(11(9)7-13)15-8-10-3-2-5-16-17-10/h2-6H,8H2,1H3,(H,14,15). The van der Waals surface area contributed by atoms with Gasteiger partial charge in [0.2, 0.25) is 0 Å². The van der Waals surface area contributed by atoms with Crippen molar-refractivity contribution in [1.29, 1.82) is 5.26 Å². The molecule has 2 aromatic rings. The minimum absolute atomic E-state index is 0.499. The zero-order valence-electron chi connectivity index (χ0n) is 9.38. The molecular formula is C12H11N5. The molecule has 0 saturated carbocycles. The third-order valence-electron chi connectivity index (χ3n) is 2.34. The summed E-state index contributed by atoms with van der Waals surface area (Å²) in [6.07, 6.45) is 3.30. The van der Waals surface area contributed by atoms with Crippen molar-refractivity contribution in [3.63, 3.8) is 0 Å². The summed E-state index contributed by atoms with van der Waals surface area (Å²) in [6, 6.07) is 7.63. The Hall–Kier alpha value is -2.48. The summed E-state index contributed by atoms with van der Waals surface area (Å²) in [5.74, 6) is 0.582. The average molecular weight is 225 g/mol. The number of anilines is 1. The number of nitrogens with one attached hydrogen (secondary N) is 1. The lowest BCUT2D eigenvalue weighted by Gasteiger charge is -2.07. The zero-order valence-corrected chi connectivity index (χ0v) is 9.38. The molecule has 0 aliphatic carbocycles. The van der Waals surface area contributed by atoms with Crippen molar-refractivity contribution in [3.05, 3.63) is 47.4 Å². The van der Waals surface area contributed by atoms with Crippen LogP contribution < -0.4 is 5.32 Å². The van der Waals surface area contributed by atoms with Crippen molar-refractivity contribution in [2.45, 2.75) is 13.5 Å². The highest BCUT2D eigenvalue weighted by Crippen LogP contribution is 2.15. The van der Waals surface area contributed by atoms with Gasteiger partial charge in [-0.05, 0) is 30.7 Å². The molecule has 0 aromatic carbocycles. The predicted octanol–water partition coefficient (Wildman–Crippen LogP) is 1.66. The molecule has 84 valence electrons. The van der Waals surface area contributed by atoms with E-state index in [-0.39, 0.29) is 0 Å². The van der Waals surface area contributed by atoms with Crippen LogP contribution in [-0.2, 0) is 6.54 Å². The molecule has 2 aromatic heterocycles. The van der Waals surface area contributed by atoms with Crippen LogP contribution in [0.15, 0.2) is 30.6 Å².